The summed E-state index contributed by atoms with van der Waals surface area (Å²) < 4.78 is 43.7. The van der Waals surface area contributed by atoms with Crippen LogP contribution in [0, 0.1) is 0 Å². The van der Waals surface area contributed by atoms with Gasteiger partial charge in [-0.05, 0) is 0 Å². The standard InChI is InChI=1S/C21H28O8/c1-22-14-10-16(24-3)20(17(11-14)25-4)28-8-7-9-29-21-18(26-5)12-15(23-2)13-19(21)27-6/h10-13H,7-9H2,1-6H3. The minimum absolute atomic E-state index is 0.389. The molecule has 0 aromatic heterocycles. The summed E-state index contributed by atoms with van der Waals surface area (Å²) in [6.07, 6.45) is 0.608. The van der Waals surface area contributed by atoms with Crippen LogP contribution >= 0.6 is 0 Å². The molecule has 0 spiro atoms. The molecule has 0 aliphatic heterocycles. The Kier molecular flexibility index (Phi) is 8.39. The van der Waals surface area contributed by atoms with Crippen LogP contribution in [-0.4, -0.2) is 55.9 Å². The van der Waals surface area contributed by atoms with Crippen molar-refractivity contribution in [1.82, 2.24) is 0 Å². The molecule has 0 bridgehead atoms. The Hall–Kier alpha value is -3.16. The molecule has 0 heterocycles. The summed E-state index contributed by atoms with van der Waals surface area (Å²) in [5.74, 6) is 4.37. The molecule has 0 atom stereocenters. The molecule has 8 heteroatoms. The molecule has 0 saturated carbocycles. The first-order chi connectivity index (χ1) is 14.1. The molecule has 8 nitrogen and oxygen atoms in total. The van der Waals surface area contributed by atoms with Crippen LogP contribution in [0.25, 0.3) is 0 Å². The molecule has 0 amide bonds. The second-order valence-corrected chi connectivity index (χ2v) is 5.77. The third-order valence-corrected chi connectivity index (χ3v) is 4.12. The molecule has 0 radical (unpaired) electrons. The largest absolute Gasteiger partial charge is 0.496 e. The average molecular weight is 408 g/mol. The second kappa shape index (κ2) is 11.0. The molecule has 2 rings (SSSR count). The topological polar surface area (TPSA) is 73.8 Å². The number of hydrogen-bond donors (Lipinski definition) is 0. The fourth-order valence-electron chi connectivity index (χ4n) is 2.64. The van der Waals surface area contributed by atoms with Gasteiger partial charge in [0.15, 0.2) is 23.0 Å². The van der Waals surface area contributed by atoms with E-state index < -0.39 is 0 Å². The van der Waals surface area contributed by atoms with E-state index in [9.17, 15) is 0 Å². The fraction of sp³-hybridized carbons (Fsp3) is 0.429. The molecule has 2 aromatic carbocycles. The quantitative estimate of drug-likeness (QED) is 0.494. The van der Waals surface area contributed by atoms with Gasteiger partial charge in [0.2, 0.25) is 11.5 Å². The Bertz CT molecular complexity index is 675. The first-order valence-electron chi connectivity index (χ1n) is 8.97. The molecular formula is C21H28O8. The predicted molar refractivity (Wildman–Crippen MR) is 108 cm³/mol. The maximum Gasteiger partial charge on any atom is 0.203 e. The first kappa shape index (κ1) is 22.1. The zero-order valence-electron chi connectivity index (χ0n) is 17.7. The van der Waals surface area contributed by atoms with E-state index in [1.165, 1.54) is 0 Å². The predicted octanol–water partition coefficient (Wildman–Crippen LogP) is 3.59. The maximum atomic E-state index is 5.87. The average Bonchev–Trinajstić information content (AvgIpc) is 2.77. The summed E-state index contributed by atoms with van der Waals surface area (Å²) in [7, 11) is 9.40. The van der Waals surface area contributed by atoms with E-state index in [0.29, 0.717) is 65.6 Å². The molecule has 0 unspecified atom stereocenters. The molecular weight excluding hydrogens is 380 g/mol. The van der Waals surface area contributed by atoms with Crippen molar-refractivity contribution in [2.75, 3.05) is 55.9 Å². The highest BCUT2D eigenvalue weighted by Gasteiger charge is 2.16. The van der Waals surface area contributed by atoms with Crippen molar-refractivity contribution in [1.29, 1.82) is 0 Å². The van der Waals surface area contributed by atoms with Crippen molar-refractivity contribution in [3.63, 3.8) is 0 Å². The Morgan fingerprint density at radius 2 is 0.793 bits per heavy atom. The Morgan fingerprint density at radius 3 is 1.03 bits per heavy atom. The lowest BCUT2D eigenvalue weighted by atomic mass is 10.2. The molecule has 0 fully saturated rings. The van der Waals surface area contributed by atoms with Crippen molar-refractivity contribution in [3.05, 3.63) is 24.3 Å². The van der Waals surface area contributed by atoms with Crippen molar-refractivity contribution in [2.45, 2.75) is 6.42 Å². The summed E-state index contributed by atoms with van der Waals surface area (Å²) in [6, 6.07) is 6.95. The SMILES string of the molecule is COc1cc(OC)c(OCCCOc2c(OC)cc(OC)cc2OC)c(OC)c1. The number of ether oxygens (including phenoxy) is 8. The van der Waals surface area contributed by atoms with Gasteiger partial charge in [-0.2, -0.15) is 0 Å². The van der Waals surface area contributed by atoms with Gasteiger partial charge >= 0.3 is 0 Å². The fourth-order valence-corrected chi connectivity index (χ4v) is 2.64. The van der Waals surface area contributed by atoms with Crippen LogP contribution < -0.4 is 37.9 Å². The highest BCUT2D eigenvalue weighted by Crippen LogP contribution is 2.42. The zero-order valence-corrected chi connectivity index (χ0v) is 17.7. The summed E-state index contributed by atoms with van der Waals surface area (Å²) in [4.78, 5) is 0. The lowest BCUT2D eigenvalue weighted by Gasteiger charge is -2.17. The van der Waals surface area contributed by atoms with Gasteiger partial charge in [-0.25, -0.2) is 0 Å². The molecule has 29 heavy (non-hydrogen) atoms. The van der Waals surface area contributed by atoms with Crippen molar-refractivity contribution >= 4 is 0 Å². The number of benzene rings is 2. The molecule has 0 N–H and O–H groups in total. The molecule has 160 valence electrons. The van der Waals surface area contributed by atoms with Crippen LogP contribution in [0.2, 0.25) is 0 Å². The Balaban J connectivity index is 2.00. The van der Waals surface area contributed by atoms with E-state index in [4.69, 9.17) is 37.9 Å². The highest BCUT2D eigenvalue weighted by molar-refractivity contribution is 5.56. The van der Waals surface area contributed by atoms with Gasteiger partial charge in [-0.1, -0.05) is 0 Å². The summed E-state index contributed by atoms with van der Waals surface area (Å²) >= 11 is 0. The van der Waals surface area contributed by atoms with Crippen molar-refractivity contribution in [3.8, 4) is 46.0 Å². The van der Waals surface area contributed by atoms with Crippen LogP contribution in [0.1, 0.15) is 6.42 Å². The van der Waals surface area contributed by atoms with Gasteiger partial charge in [0.05, 0.1) is 55.9 Å². The number of hydrogen-bond acceptors (Lipinski definition) is 8. The van der Waals surface area contributed by atoms with Crippen molar-refractivity contribution in [2.24, 2.45) is 0 Å². The molecule has 2 aromatic rings. The van der Waals surface area contributed by atoms with E-state index in [1.54, 1.807) is 66.9 Å². The number of rotatable bonds is 12. The summed E-state index contributed by atoms with van der Waals surface area (Å²) in [5, 5.41) is 0. The normalized spacial score (nSPS) is 10.1. The van der Waals surface area contributed by atoms with E-state index in [1.807, 2.05) is 0 Å². The molecule has 0 saturated heterocycles. The lowest BCUT2D eigenvalue weighted by Crippen LogP contribution is -2.08. The third-order valence-electron chi connectivity index (χ3n) is 4.12. The third kappa shape index (κ3) is 5.43. The minimum atomic E-state index is 0.389. The van der Waals surface area contributed by atoms with Gasteiger partial charge in [0.1, 0.15) is 11.5 Å². The Labute approximate surface area is 171 Å². The highest BCUT2D eigenvalue weighted by atomic mass is 16.6. The second-order valence-electron chi connectivity index (χ2n) is 5.77. The van der Waals surface area contributed by atoms with E-state index in [2.05, 4.69) is 0 Å². The van der Waals surface area contributed by atoms with E-state index in [-0.39, 0.29) is 0 Å². The van der Waals surface area contributed by atoms with Gasteiger partial charge < -0.3 is 37.9 Å². The van der Waals surface area contributed by atoms with Crippen LogP contribution in [0.3, 0.4) is 0 Å². The first-order valence-corrected chi connectivity index (χ1v) is 8.97. The summed E-state index contributed by atoms with van der Waals surface area (Å²) in [6.45, 7) is 0.777. The molecule has 0 aliphatic carbocycles. The van der Waals surface area contributed by atoms with Gasteiger partial charge in [-0.15, -0.1) is 0 Å². The van der Waals surface area contributed by atoms with E-state index in [0.717, 1.165) is 0 Å². The van der Waals surface area contributed by atoms with Crippen LogP contribution in [0.5, 0.6) is 46.0 Å². The molecule has 0 aliphatic rings. The van der Waals surface area contributed by atoms with Crippen molar-refractivity contribution < 1.29 is 37.9 Å². The van der Waals surface area contributed by atoms with E-state index >= 15 is 0 Å². The number of methoxy groups -OCH3 is 6. The monoisotopic (exact) mass is 408 g/mol. The lowest BCUT2D eigenvalue weighted by molar-refractivity contribution is 0.221. The van der Waals surface area contributed by atoms with Gasteiger partial charge in [0, 0.05) is 30.7 Å². The van der Waals surface area contributed by atoms with Gasteiger partial charge in [0.25, 0.3) is 0 Å². The Morgan fingerprint density at radius 1 is 0.483 bits per heavy atom. The van der Waals surface area contributed by atoms with Gasteiger partial charge in [-0.3, -0.25) is 0 Å². The van der Waals surface area contributed by atoms with Crippen LogP contribution in [0.15, 0.2) is 24.3 Å². The smallest absolute Gasteiger partial charge is 0.203 e. The summed E-state index contributed by atoms with van der Waals surface area (Å²) in [5.41, 5.74) is 0. The van der Waals surface area contributed by atoms with Crippen LogP contribution in [-0.2, 0) is 0 Å². The zero-order chi connectivity index (χ0) is 21.2. The van der Waals surface area contributed by atoms with Crippen LogP contribution in [0.4, 0.5) is 0 Å². The minimum Gasteiger partial charge on any atom is -0.496 e. The maximum absolute atomic E-state index is 5.87.